The summed E-state index contributed by atoms with van der Waals surface area (Å²) >= 11 is 0. The summed E-state index contributed by atoms with van der Waals surface area (Å²) < 4.78 is 0. The molecule has 2 rings (SSSR count). The summed E-state index contributed by atoms with van der Waals surface area (Å²) in [6.45, 7) is 6.83. The summed E-state index contributed by atoms with van der Waals surface area (Å²) in [6, 6.07) is 0.442. The fourth-order valence-electron chi connectivity index (χ4n) is 3.39. The number of urea groups is 1. The van der Waals surface area contributed by atoms with E-state index in [1.165, 1.54) is 64.8 Å². The number of carbonyl (C=O) groups is 1. The lowest BCUT2D eigenvalue weighted by Crippen LogP contribution is -2.44. The second kappa shape index (κ2) is 10.1. The number of nitrogens with zero attached hydrogens (tertiary/aromatic N) is 2. The molecule has 0 aromatic rings. The molecule has 5 heteroatoms. The molecule has 1 saturated carbocycles. The Morgan fingerprint density at radius 3 is 2.45 bits per heavy atom. The van der Waals surface area contributed by atoms with Crippen molar-refractivity contribution in [2.45, 2.75) is 57.4 Å². The highest BCUT2D eigenvalue weighted by atomic mass is 16.2. The zero-order chi connectivity index (χ0) is 15.6. The van der Waals surface area contributed by atoms with Crippen LogP contribution < -0.4 is 10.6 Å². The predicted molar refractivity (Wildman–Crippen MR) is 91.2 cm³/mol. The second-order valence-corrected chi connectivity index (χ2v) is 6.94. The van der Waals surface area contributed by atoms with Gasteiger partial charge in [-0.2, -0.15) is 0 Å². The lowest BCUT2D eigenvalue weighted by Gasteiger charge is -2.32. The molecule has 128 valence electrons. The van der Waals surface area contributed by atoms with Crippen LogP contribution in [0.15, 0.2) is 0 Å². The van der Waals surface area contributed by atoms with E-state index >= 15 is 0 Å². The van der Waals surface area contributed by atoms with Crippen molar-refractivity contribution in [2.75, 3.05) is 46.3 Å². The minimum absolute atomic E-state index is 0.0333. The van der Waals surface area contributed by atoms with Crippen LogP contribution in [0.2, 0.25) is 0 Å². The van der Waals surface area contributed by atoms with Gasteiger partial charge >= 0.3 is 6.03 Å². The fourth-order valence-corrected chi connectivity index (χ4v) is 3.39. The Kier molecular flexibility index (Phi) is 8.02. The van der Waals surface area contributed by atoms with Crippen LogP contribution in [-0.2, 0) is 0 Å². The van der Waals surface area contributed by atoms with Crippen LogP contribution in [0.5, 0.6) is 0 Å². The summed E-state index contributed by atoms with van der Waals surface area (Å²) in [4.78, 5) is 16.7. The van der Waals surface area contributed by atoms with Crippen molar-refractivity contribution in [2.24, 2.45) is 0 Å². The minimum Gasteiger partial charge on any atom is -0.338 e. The smallest absolute Gasteiger partial charge is 0.315 e. The number of hydrogen-bond donors (Lipinski definition) is 2. The van der Waals surface area contributed by atoms with Gasteiger partial charge < -0.3 is 20.4 Å². The van der Waals surface area contributed by atoms with Gasteiger partial charge in [-0.3, -0.25) is 0 Å². The SMILES string of the molecule is CN1CCN(CCCCCNC(=O)NC2CCCCC2)CC1. The van der Waals surface area contributed by atoms with Gasteiger partial charge in [-0.15, -0.1) is 0 Å². The first kappa shape index (κ1) is 17.5. The molecule has 2 amide bonds. The van der Waals surface area contributed by atoms with Gasteiger partial charge in [-0.05, 0) is 39.3 Å². The first-order valence-corrected chi connectivity index (χ1v) is 9.19. The zero-order valence-corrected chi connectivity index (χ0v) is 14.3. The van der Waals surface area contributed by atoms with E-state index in [-0.39, 0.29) is 6.03 Å². The Morgan fingerprint density at radius 2 is 1.73 bits per heavy atom. The van der Waals surface area contributed by atoms with Crippen molar-refractivity contribution in [3.63, 3.8) is 0 Å². The maximum absolute atomic E-state index is 11.8. The molecule has 0 bridgehead atoms. The van der Waals surface area contributed by atoms with E-state index in [1.54, 1.807) is 0 Å². The average molecular weight is 310 g/mol. The summed E-state index contributed by atoms with van der Waals surface area (Å²) in [5, 5.41) is 6.11. The largest absolute Gasteiger partial charge is 0.338 e. The summed E-state index contributed by atoms with van der Waals surface area (Å²) in [7, 11) is 2.20. The number of hydrogen-bond acceptors (Lipinski definition) is 3. The average Bonchev–Trinajstić information content (AvgIpc) is 2.53. The number of likely N-dealkylation sites (N-methyl/N-ethyl adjacent to an activating group) is 1. The van der Waals surface area contributed by atoms with E-state index in [4.69, 9.17) is 0 Å². The molecule has 22 heavy (non-hydrogen) atoms. The van der Waals surface area contributed by atoms with Crippen molar-refractivity contribution in [3.8, 4) is 0 Å². The van der Waals surface area contributed by atoms with Crippen LogP contribution in [0.25, 0.3) is 0 Å². The number of carbonyl (C=O) groups excluding carboxylic acids is 1. The third kappa shape index (κ3) is 6.97. The minimum atomic E-state index is 0.0333. The van der Waals surface area contributed by atoms with Crippen molar-refractivity contribution in [1.82, 2.24) is 20.4 Å². The lowest BCUT2D eigenvalue weighted by atomic mass is 9.96. The van der Waals surface area contributed by atoms with Gasteiger partial charge in [0.25, 0.3) is 0 Å². The summed E-state index contributed by atoms with van der Waals surface area (Å²) in [5.74, 6) is 0. The molecule has 0 aromatic heterocycles. The molecule has 0 unspecified atom stereocenters. The molecule has 2 aliphatic rings. The Hall–Kier alpha value is -0.810. The lowest BCUT2D eigenvalue weighted by molar-refractivity contribution is 0.152. The Bertz CT molecular complexity index is 310. The van der Waals surface area contributed by atoms with Gasteiger partial charge in [-0.25, -0.2) is 4.79 Å². The molecule has 0 spiro atoms. The molecule has 1 aliphatic heterocycles. The van der Waals surface area contributed by atoms with Gasteiger partial charge in [0.05, 0.1) is 0 Å². The van der Waals surface area contributed by atoms with Crippen molar-refractivity contribution >= 4 is 6.03 Å². The second-order valence-electron chi connectivity index (χ2n) is 6.94. The standard InChI is InChI=1S/C17H34N4O/c1-20-12-14-21(15-13-20)11-7-3-6-10-18-17(22)19-16-8-4-2-5-9-16/h16H,2-15H2,1H3,(H2,18,19,22). The van der Waals surface area contributed by atoms with Gasteiger partial charge in [-0.1, -0.05) is 25.7 Å². The van der Waals surface area contributed by atoms with Crippen LogP contribution in [-0.4, -0.2) is 68.2 Å². The quantitative estimate of drug-likeness (QED) is 0.708. The van der Waals surface area contributed by atoms with Crippen LogP contribution >= 0.6 is 0 Å². The van der Waals surface area contributed by atoms with Gasteiger partial charge in [0.2, 0.25) is 0 Å². The van der Waals surface area contributed by atoms with Crippen molar-refractivity contribution < 1.29 is 4.79 Å². The van der Waals surface area contributed by atoms with Crippen molar-refractivity contribution in [3.05, 3.63) is 0 Å². The topological polar surface area (TPSA) is 47.6 Å². The van der Waals surface area contributed by atoms with Gasteiger partial charge in [0, 0.05) is 38.8 Å². The first-order chi connectivity index (χ1) is 10.7. The summed E-state index contributed by atoms with van der Waals surface area (Å²) in [6.07, 6.45) is 9.69. The number of rotatable bonds is 7. The highest BCUT2D eigenvalue weighted by Crippen LogP contribution is 2.17. The maximum Gasteiger partial charge on any atom is 0.315 e. The van der Waals surface area contributed by atoms with E-state index in [0.29, 0.717) is 6.04 Å². The van der Waals surface area contributed by atoms with Gasteiger partial charge in [0.15, 0.2) is 0 Å². The Labute approximate surface area is 135 Å². The summed E-state index contributed by atoms with van der Waals surface area (Å²) in [5.41, 5.74) is 0. The van der Waals surface area contributed by atoms with Gasteiger partial charge in [0.1, 0.15) is 0 Å². The third-order valence-corrected chi connectivity index (χ3v) is 4.97. The van der Waals surface area contributed by atoms with E-state index in [2.05, 4.69) is 27.5 Å². The molecular formula is C17H34N4O. The molecular weight excluding hydrogens is 276 g/mol. The highest BCUT2D eigenvalue weighted by Gasteiger charge is 2.15. The maximum atomic E-state index is 11.8. The molecule has 0 aromatic carbocycles. The normalized spacial score (nSPS) is 21.7. The van der Waals surface area contributed by atoms with Crippen LogP contribution in [0.4, 0.5) is 4.79 Å². The van der Waals surface area contributed by atoms with Crippen LogP contribution in [0.1, 0.15) is 51.4 Å². The monoisotopic (exact) mass is 310 g/mol. The molecule has 5 nitrogen and oxygen atoms in total. The molecule has 1 aliphatic carbocycles. The van der Waals surface area contributed by atoms with Crippen LogP contribution in [0, 0.1) is 0 Å². The van der Waals surface area contributed by atoms with E-state index < -0.39 is 0 Å². The number of amides is 2. The molecule has 1 heterocycles. The fraction of sp³-hybridized carbons (Fsp3) is 0.941. The zero-order valence-electron chi connectivity index (χ0n) is 14.3. The Morgan fingerprint density at radius 1 is 1.00 bits per heavy atom. The Balaban J connectivity index is 1.41. The van der Waals surface area contributed by atoms with E-state index in [0.717, 1.165) is 25.8 Å². The highest BCUT2D eigenvalue weighted by molar-refractivity contribution is 5.74. The molecule has 2 N–H and O–H groups in total. The molecule has 1 saturated heterocycles. The molecule has 0 radical (unpaired) electrons. The molecule has 2 fully saturated rings. The van der Waals surface area contributed by atoms with Crippen LogP contribution in [0.3, 0.4) is 0 Å². The number of piperazine rings is 1. The van der Waals surface area contributed by atoms with E-state index in [9.17, 15) is 4.79 Å². The van der Waals surface area contributed by atoms with Crippen molar-refractivity contribution in [1.29, 1.82) is 0 Å². The van der Waals surface area contributed by atoms with E-state index in [1.807, 2.05) is 0 Å². The molecule has 0 atom stereocenters. The first-order valence-electron chi connectivity index (χ1n) is 9.19. The predicted octanol–water partition coefficient (Wildman–Crippen LogP) is 2.04. The third-order valence-electron chi connectivity index (χ3n) is 4.97. The number of nitrogens with one attached hydrogen (secondary N) is 2. The number of unbranched alkanes of at least 4 members (excludes halogenated alkanes) is 2.